The molecule has 0 saturated heterocycles. The molecule has 1 unspecified atom stereocenters. The Kier molecular flexibility index (Phi) is 5.74. The van der Waals surface area contributed by atoms with Gasteiger partial charge in [-0.15, -0.1) is 6.58 Å². The van der Waals surface area contributed by atoms with E-state index < -0.39 is 11.4 Å². The van der Waals surface area contributed by atoms with Crippen LogP contribution in [-0.4, -0.2) is 29.9 Å². The third-order valence-corrected chi connectivity index (χ3v) is 2.04. The van der Waals surface area contributed by atoms with E-state index in [1.54, 1.807) is 13.0 Å². The highest BCUT2D eigenvalue weighted by atomic mass is 16.2. The number of amides is 2. The molecule has 0 aromatic rings. The van der Waals surface area contributed by atoms with Crippen molar-refractivity contribution in [1.29, 1.82) is 0 Å². The van der Waals surface area contributed by atoms with Crippen molar-refractivity contribution in [2.75, 3.05) is 6.54 Å². The number of hydrogen-bond acceptors (Lipinski definition) is 3. The van der Waals surface area contributed by atoms with Gasteiger partial charge in [-0.3, -0.25) is 9.59 Å². The zero-order valence-corrected chi connectivity index (χ0v) is 10.2. The van der Waals surface area contributed by atoms with E-state index in [0.29, 0.717) is 6.54 Å². The SMILES string of the molecule is C=CCNC(=O)C(C)NC(C)(C)CC(N)=O. The molecule has 5 nitrogen and oxygen atoms in total. The van der Waals surface area contributed by atoms with Gasteiger partial charge in [-0.25, -0.2) is 0 Å². The topological polar surface area (TPSA) is 84.2 Å². The van der Waals surface area contributed by atoms with Gasteiger partial charge in [-0.1, -0.05) is 6.08 Å². The van der Waals surface area contributed by atoms with E-state index in [9.17, 15) is 9.59 Å². The summed E-state index contributed by atoms with van der Waals surface area (Å²) in [4.78, 5) is 22.3. The molecule has 0 aliphatic rings. The second-order valence-electron chi connectivity index (χ2n) is 4.43. The molecular weight excluding hydrogens is 206 g/mol. The van der Waals surface area contributed by atoms with Crippen LogP contribution in [0.3, 0.4) is 0 Å². The normalized spacial score (nSPS) is 12.9. The van der Waals surface area contributed by atoms with Gasteiger partial charge < -0.3 is 16.4 Å². The molecule has 0 fully saturated rings. The van der Waals surface area contributed by atoms with Gasteiger partial charge in [0.25, 0.3) is 0 Å². The molecule has 0 radical (unpaired) electrons. The molecule has 0 rings (SSSR count). The number of carbonyl (C=O) groups is 2. The highest BCUT2D eigenvalue weighted by molar-refractivity contribution is 5.81. The van der Waals surface area contributed by atoms with Crippen LogP contribution in [0.1, 0.15) is 27.2 Å². The lowest BCUT2D eigenvalue weighted by molar-refractivity contribution is -0.124. The summed E-state index contributed by atoms with van der Waals surface area (Å²) in [6.45, 7) is 9.34. The Morgan fingerprint density at radius 3 is 2.50 bits per heavy atom. The predicted octanol–water partition coefficient (Wildman–Crippen LogP) is -0.0793. The largest absolute Gasteiger partial charge is 0.370 e. The summed E-state index contributed by atoms with van der Waals surface area (Å²) in [5.74, 6) is -0.520. The number of hydrogen-bond donors (Lipinski definition) is 3. The van der Waals surface area contributed by atoms with Crippen LogP contribution in [0.2, 0.25) is 0 Å². The summed E-state index contributed by atoms with van der Waals surface area (Å²) < 4.78 is 0. The number of nitrogens with two attached hydrogens (primary N) is 1. The summed E-state index contributed by atoms with van der Waals surface area (Å²) in [6, 6.07) is -0.380. The van der Waals surface area contributed by atoms with Gasteiger partial charge in [0.1, 0.15) is 0 Å². The molecule has 0 aliphatic heterocycles. The summed E-state index contributed by atoms with van der Waals surface area (Å²) in [7, 11) is 0. The molecule has 2 amide bonds. The molecular formula is C11H21N3O2. The van der Waals surface area contributed by atoms with Crippen LogP contribution >= 0.6 is 0 Å². The quantitative estimate of drug-likeness (QED) is 0.532. The van der Waals surface area contributed by atoms with Crippen LogP contribution in [0.4, 0.5) is 0 Å². The molecule has 0 spiro atoms. The lowest BCUT2D eigenvalue weighted by Gasteiger charge is -2.28. The number of primary amides is 1. The molecule has 0 aromatic carbocycles. The van der Waals surface area contributed by atoms with Crippen molar-refractivity contribution in [2.45, 2.75) is 38.8 Å². The van der Waals surface area contributed by atoms with Gasteiger partial charge in [-0.05, 0) is 20.8 Å². The van der Waals surface area contributed by atoms with E-state index >= 15 is 0 Å². The molecule has 0 aromatic heterocycles. The van der Waals surface area contributed by atoms with Crippen molar-refractivity contribution in [2.24, 2.45) is 5.73 Å². The summed E-state index contributed by atoms with van der Waals surface area (Å²) in [5, 5.41) is 5.72. The average molecular weight is 227 g/mol. The Bertz CT molecular complexity index is 274. The lowest BCUT2D eigenvalue weighted by Crippen LogP contribution is -2.52. The second kappa shape index (κ2) is 6.27. The van der Waals surface area contributed by atoms with E-state index in [4.69, 9.17) is 5.73 Å². The molecule has 4 N–H and O–H groups in total. The third-order valence-electron chi connectivity index (χ3n) is 2.04. The molecule has 0 heterocycles. The fourth-order valence-electron chi connectivity index (χ4n) is 1.46. The van der Waals surface area contributed by atoms with E-state index in [-0.39, 0.29) is 18.4 Å². The van der Waals surface area contributed by atoms with E-state index in [1.165, 1.54) is 0 Å². The minimum absolute atomic E-state index is 0.127. The number of nitrogens with one attached hydrogen (secondary N) is 2. The monoisotopic (exact) mass is 227 g/mol. The fourth-order valence-corrected chi connectivity index (χ4v) is 1.46. The van der Waals surface area contributed by atoms with Crippen LogP contribution < -0.4 is 16.4 Å². The maximum Gasteiger partial charge on any atom is 0.237 e. The first kappa shape index (κ1) is 14.6. The maximum absolute atomic E-state index is 11.5. The summed E-state index contributed by atoms with van der Waals surface area (Å²) >= 11 is 0. The molecule has 92 valence electrons. The number of carbonyl (C=O) groups excluding carboxylic acids is 2. The predicted molar refractivity (Wildman–Crippen MR) is 63.7 cm³/mol. The molecule has 0 aliphatic carbocycles. The first-order valence-electron chi connectivity index (χ1n) is 5.23. The summed E-state index contributed by atoms with van der Waals surface area (Å²) in [6.07, 6.45) is 1.80. The van der Waals surface area contributed by atoms with Crippen molar-refractivity contribution in [1.82, 2.24) is 10.6 Å². The van der Waals surface area contributed by atoms with Crippen LogP contribution in [0, 0.1) is 0 Å². The highest BCUT2D eigenvalue weighted by Crippen LogP contribution is 2.08. The second-order valence-corrected chi connectivity index (χ2v) is 4.43. The Morgan fingerprint density at radius 1 is 1.50 bits per heavy atom. The van der Waals surface area contributed by atoms with E-state index in [2.05, 4.69) is 17.2 Å². The Morgan fingerprint density at radius 2 is 2.06 bits per heavy atom. The lowest BCUT2D eigenvalue weighted by atomic mass is 9.99. The van der Waals surface area contributed by atoms with Gasteiger partial charge in [0.15, 0.2) is 0 Å². The van der Waals surface area contributed by atoms with Gasteiger partial charge in [0.05, 0.1) is 6.04 Å². The van der Waals surface area contributed by atoms with Crippen LogP contribution in [0.15, 0.2) is 12.7 Å². The zero-order chi connectivity index (χ0) is 12.8. The van der Waals surface area contributed by atoms with Gasteiger partial charge in [-0.2, -0.15) is 0 Å². The minimum Gasteiger partial charge on any atom is -0.370 e. The standard InChI is InChI=1S/C11H21N3O2/c1-5-6-13-10(16)8(2)14-11(3,4)7-9(12)15/h5,8,14H,1,6-7H2,2-4H3,(H2,12,15)(H,13,16). The first-order valence-corrected chi connectivity index (χ1v) is 5.23. The zero-order valence-electron chi connectivity index (χ0n) is 10.2. The summed E-state index contributed by atoms with van der Waals surface area (Å²) in [5.41, 5.74) is 4.63. The third kappa shape index (κ3) is 6.19. The van der Waals surface area contributed by atoms with Crippen molar-refractivity contribution < 1.29 is 9.59 Å². The van der Waals surface area contributed by atoms with Crippen molar-refractivity contribution in [3.8, 4) is 0 Å². The number of rotatable bonds is 7. The molecule has 0 bridgehead atoms. The van der Waals surface area contributed by atoms with Crippen LogP contribution in [0.25, 0.3) is 0 Å². The molecule has 1 atom stereocenters. The van der Waals surface area contributed by atoms with E-state index in [1.807, 2.05) is 13.8 Å². The Hall–Kier alpha value is -1.36. The first-order chi connectivity index (χ1) is 7.28. The van der Waals surface area contributed by atoms with Gasteiger partial charge >= 0.3 is 0 Å². The molecule has 16 heavy (non-hydrogen) atoms. The van der Waals surface area contributed by atoms with Crippen molar-refractivity contribution >= 4 is 11.8 Å². The minimum atomic E-state index is -0.489. The Balaban J connectivity index is 4.20. The van der Waals surface area contributed by atoms with Crippen molar-refractivity contribution in [3.05, 3.63) is 12.7 Å². The maximum atomic E-state index is 11.5. The van der Waals surface area contributed by atoms with Crippen molar-refractivity contribution in [3.63, 3.8) is 0 Å². The highest BCUT2D eigenvalue weighted by Gasteiger charge is 2.25. The molecule has 5 heteroatoms. The Labute approximate surface area is 96.5 Å². The van der Waals surface area contributed by atoms with Crippen LogP contribution in [-0.2, 0) is 9.59 Å². The van der Waals surface area contributed by atoms with Gasteiger partial charge in [0.2, 0.25) is 11.8 Å². The van der Waals surface area contributed by atoms with Gasteiger partial charge in [0, 0.05) is 18.5 Å². The average Bonchev–Trinajstić information content (AvgIpc) is 2.10. The molecule has 0 saturated carbocycles. The van der Waals surface area contributed by atoms with Crippen LogP contribution in [0.5, 0.6) is 0 Å². The van der Waals surface area contributed by atoms with E-state index in [0.717, 1.165) is 0 Å². The smallest absolute Gasteiger partial charge is 0.237 e. The fraction of sp³-hybridized carbons (Fsp3) is 0.636.